The minimum Gasteiger partial charge on any atom is -0.701 e. The van der Waals surface area contributed by atoms with Gasteiger partial charge in [0.05, 0.1) is 19.8 Å². The number of alkyl halides is 3. The van der Waals surface area contributed by atoms with Crippen molar-refractivity contribution in [2.45, 2.75) is 6.18 Å². The first-order chi connectivity index (χ1) is 12.9. The first kappa shape index (κ1) is 20.1. The fourth-order valence-electron chi connectivity index (χ4n) is 2.83. The SMILES string of the molecule is C[N+](C)(c1c(C(F)(F)F)nn(-c2ccccc2)c1-c1ccccc1)S(=O)(=O)[O-]. The van der Waals surface area contributed by atoms with Crippen LogP contribution in [0.15, 0.2) is 60.7 Å². The highest BCUT2D eigenvalue weighted by Gasteiger charge is 2.48. The zero-order chi connectivity index (χ0) is 20.7. The van der Waals surface area contributed by atoms with Gasteiger partial charge in [0.2, 0.25) is 11.4 Å². The molecule has 0 fully saturated rings. The van der Waals surface area contributed by atoms with Crippen molar-refractivity contribution in [3.05, 3.63) is 66.4 Å². The maximum Gasteiger partial charge on any atom is 0.441 e. The number of hydrogen-bond donors (Lipinski definition) is 0. The average Bonchev–Trinajstić information content (AvgIpc) is 3.04. The van der Waals surface area contributed by atoms with Crippen molar-refractivity contribution in [3.63, 3.8) is 0 Å². The summed E-state index contributed by atoms with van der Waals surface area (Å²) in [5.74, 6) is 0. The summed E-state index contributed by atoms with van der Waals surface area (Å²) < 4.78 is 76.5. The van der Waals surface area contributed by atoms with Gasteiger partial charge in [-0.2, -0.15) is 30.6 Å². The Balaban J connectivity index is 2.51. The second-order valence-corrected chi connectivity index (χ2v) is 8.20. The van der Waals surface area contributed by atoms with E-state index < -0.39 is 31.8 Å². The molecular weight excluding hydrogens is 395 g/mol. The van der Waals surface area contributed by atoms with Gasteiger partial charge in [0.1, 0.15) is 5.69 Å². The van der Waals surface area contributed by atoms with Crippen LogP contribution in [0.1, 0.15) is 5.69 Å². The van der Waals surface area contributed by atoms with Crippen LogP contribution in [-0.4, -0.2) is 36.8 Å². The normalized spacial score (nSPS) is 12.9. The van der Waals surface area contributed by atoms with Gasteiger partial charge in [-0.25, -0.2) is 4.68 Å². The predicted octanol–water partition coefficient (Wildman–Crippen LogP) is 3.59. The van der Waals surface area contributed by atoms with Crippen molar-refractivity contribution in [1.82, 2.24) is 13.7 Å². The molecule has 0 bridgehead atoms. The number of quaternary nitrogens is 1. The van der Waals surface area contributed by atoms with Crippen LogP contribution >= 0.6 is 0 Å². The maximum atomic E-state index is 13.8. The van der Waals surface area contributed by atoms with E-state index in [9.17, 15) is 26.1 Å². The van der Waals surface area contributed by atoms with Crippen LogP contribution in [0.5, 0.6) is 0 Å². The van der Waals surface area contributed by atoms with Crippen molar-refractivity contribution < 1.29 is 26.1 Å². The summed E-state index contributed by atoms with van der Waals surface area (Å²) in [6, 6.07) is 15.9. The standard InChI is InChI=1S/C18H16F3N3O3S/c1-24(2,28(25,26)27)16-15(13-9-5-3-6-10-13)23(14-11-7-4-8-12-14)22-17(16)18(19,20)21/h3-12H,1-2H3. The highest BCUT2D eigenvalue weighted by atomic mass is 32.2. The van der Waals surface area contributed by atoms with E-state index in [1.165, 1.54) is 24.3 Å². The summed E-state index contributed by atoms with van der Waals surface area (Å²) in [6.07, 6.45) is -4.97. The van der Waals surface area contributed by atoms with Gasteiger partial charge in [-0.05, 0) is 12.1 Å². The Hall–Kier alpha value is -2.69. The summed E-state index contributed by atoms with van der Waals surface area (Å²) in [7, 11) is -3.41. The minimum absolute atomic E-state index is 0.122. The molecule has 148 valence electrons. The number of nitrogens with zero attached hydrogens (tertiary/aromatic N) is 3. The van der Waals surface area contributed by atoms with Crippen molar-refractivity contribution in [2.75, 3.05) is 14.1 Å². The predicted molar refractivity (Wildman–Crippen MR) is 97.3 cm³/mol. The van der Waals surface area contributed by atoms with Gasteiger partial charge in [0.25, 0.3) is 10.3 Å². The van der Waals surface area contributed by atoms with Crippen LogP contribution in [0.4, 0.5) is 18.9 Å². The van der Waals surface area contributed by atoms with E-state index in [2.05, 4.69) is 5.10 Å². The Morgan fingerprint density at radius 3 is 1.93 bits per heavy atom. The van der Waals surface area contributed by atoms with E-state index in [0.29, 0.717) is 11.3 Å². The molecule has 0 saturated heterocycles. The number of rotatable bonds is 4. The topological polar surface area (TPSA) is 75.0 Å². The molecule has 1 heterocycles. The highest BCUT2D eigenvalue weighted by Crippen LogP contribution is 2.45. The molecule has 0 amide bonds. The fraction of sp³-hybridized carbons (Fsp3) is 0.167. The number of para-hydroxylation sites is 1. The van der Waals surface area contributed by atoms with Gasteiger partial charge in [-0.3, -0.25) is 0 Å². The van der Waals surface area contributed by atoms with Crippen molar-refractivity contribution >= 4 is 16.0 Å². The van der Waals surface area contributed by atoms with Crippen LogP contribution in [-0.2, 0) is 16.5 Å². The zero-order valence-corrected chi connectivity index (χ0v) is 15.7. The van der Waals surface area contributed by atoms with Crippen LogP contribution in [0.2, 0.25) is 0 Å². The van der Waals surface area contributed by atoms with Gasteiger partial charge in [-0.1, -0.05) is 48.5 Å². The second kappa shape index (κ2) is 6.73. The second-order valence-electron chi connectivity index (χ2n) is 6.44. The molecular formula is C18H16F3N3O3S. The van der Waals surface area contributed by atoms with Gasteiger partial charge in [-0.15, -0.1) is 0 Å². The first-order valence-corrected chi connectivity index (χ1v) is 9.42. The third-order valence-corrected chi connectivity index (χ3v) is 5.58. The summed E-state index contributed by atoms with van der Waals surface area (Å²) in [5, 5.41) is 3.68. The molecule has 0 N–H and O–H groups in total. The third-order valence-electron chi connectivity index (χ3n) is 4.27. The van der Waals surface area contributed by atoms with Crippen molar-refractivity contribution in [1.29, 1.82) is 0 Å². The molecule has 0 aliphatic rings. The first-order valence-electron chi connectivity index (χ1n) is 8.06. The largest absolute Gasteiger partial charge is 0.701 e. The van der Waals surface area contributed by atoms with Gasteiger partial charge >= 0.3 is 6.18 Å². The molecule has 2 aromatic carbocycles. The molecule has 0 atom stereocenters. The molecule has 10 heteroatoms. The molecule has 3 rings (SSSR count). The number of halogens is 3. The Morgan fingerprint density at radius 2 is 1.46 bits per heavy atom. The van der Waals surface area contributed by atoms with E-state index in [-0.39, 0.29) is 5.69 Å². The van der Waals surface area contributed by atoms with E-state index in [4.69, 9.17) is 0 Å². The van der Waals surface area contributed by atoms with Crippen LogP contribution in [0, 0.1) is 0 Å². The quantitative estimate of drug-likeness (QED) is 0.486. The smallest absolute Gasteiger partial charge is 0.441 e. The molecule has 3 aromatic rings. The molecule has 0 aliphatic carbocycles. The molecule has 28 heavy (non-hydrogen) atoms. The van der Waals surface area contributed by atoms with Crippen molar-refractivity contribution in [2.24, 2.45) is 0 Å². The Kier molecular flexibility index (Phi) is 4.82. The van der Waals surface area contributed by atoms with Gasteiger partial charge in [0.15, 0.2) is 0 Å². The van der Waals surface area contributed by atoms with Crippen LogP contribution < -0.4 is 3.89 Å². The van der Waals surface area contributed by atoms with Gasteiger partial charge < -0.3 is 4.55 Å². The zero-order valence-electron chi connectivity index (χ0n) is 14.9. The minimum atomic E-state index is -5.20. The molecule has 6 nitrogen and oxygen atoms in total. The Labute approximate surface area is 159 Å². The van der Waals surface area contributed by atoms with E-state index in [0.717, 1.165) is 18.8 Å². The lowest BCUT2D eigenvalue weighted by Gasteiger charge is -2.31. The molecule has 0 unspecified atom stereocenters. The molecule has 0 spiro atoms. The van der Waals surface area contributed by atoms with Crippen LogP contribution in [0.25, 0.3) is 16.9 Å². The Morgan fingerprint density at radius 1 is 0.964 bits per heavy atom. The lowest BCUT2D eigenvalue weighted by molar-refractivity contribution is -0.141. The third kappa shape index (κ3) is 3.41. The van der Waals surface area contributed by atoms with Crippen molar-refractivity contribution in [3.8, 4) is 16.9 Å². The highest BCUT2D eigenvalue weighted by molar-refractivity contribution is 7.85. The monoisotopic (exact) mass is 411 g/mol. The summed E-state index contributed by atoms with van der Waals surface area (Å²) in [5.41, 5.74) is -1.71. The number of hydrogen-bond acceptors (Lipinski definition) is 4. The summed E-state index contributed by atoms with van der Waals surface area (Å²) in [4.78, 5) is 0. The molecule has 1 aromatic heterocycles. The van der Waals surface area contributed by atoms with E-state index in [1.54, 1.807) is 36.4 Å². The number of benzene rings is 2. The van der Waals surface area contributed by atoms with E-state index >= 15 is 0 Å². The molecule has 0 radical (unpaired) electrons. The number of aromatic nitrogens is 2. The molecule has 0 saturated carbocycles. The Bertz CT molecular complexity index is 1090. The van der Waals surface area contributed by atoms with Gasteiger partial charge in [0, 0.05) is 5.56 Å². The lowest BCUT2D eigenvalue weighted by atomic mass is 10.1. The maximum absolute atomic E-state index is 13.8. The fourth-order valence-corrected chi connectivity index (χ4v) is 3.23. The molecule has 0 aliphatic heterocycles. The average molecular weight is 411 g/mol. The van der Waals surface area contributed by atoms with E-state index in [1.807, 2.05) is 0 Å². The summed E-state index contributed by atoms with van der Waals surface area (Å²) in [6.45, 7) is 0. The summed E-state index contributed by atoms with van der Waals surface area (Å²) >= 11 is 0. The van der Waals surface area contributed by atoms with Crippen LogP contribution in [0.3, 0.4) is 0 Å². The lowest BCUT2D eigenvalue weighted by Crippen LogP contribution is -2.47.